The van der Waals surface area contributed by atoms with E-state index in [0.29, 0.717) is 11.6 Å². The first kappa shape index (κ1) is 13.9. The van der Waals surface area contributed by atoms with E-state index in [-0.39, 0.29) is 24.2 Å². The Morgan fingerprint density at radius 3 is 3.00 bits per heavy atom. The first-order valence-electron chi connectivity index (χ1n) is 7.12. The zero-order valence-electron chi connectivity index (χ0n) is 11.5. The first-order valence-corrected chi connectivity index (χ1v) is 7.50. The van der Waals surface area contributed by atoms with Gasteiger partial charge in [-0.2, -0.15) is 0 Å². The van der Waals surface area contributed by atoms with Crippen molar-refractivity contribution < 1.29 is 9.53 Å². The van der Waals surface area contributed by atoms with Crippen LogP contribution in [-0.2, 0) is 9.53 Å². The molecule has 2 aliphatic rings. The number of carbonyl (C=O) groups excluding carboxylic acids is 1. The Labute approximate surface area is 124 Å². The number of nitrogens with zero attached hydrogens (tertiary/aromatic N) is 1. The van der Waals surface area contributed by atoms with E-state index in [9.17, 15) is 4.79 Å². The van der Waals surface area contributed by atoms with Crippen molar-refractivity contribution in [3.63, 3.8) is 0 Å². The molecule has 1 N–H and O–H groups in total. The lowest BCUT2D eigenvalue weighted by molar-refractivity contribution is -0.132. The molecule has 3 unspecified atom stereocenters. The van der Waals surface area contributed by atoms with Gasteiger partial charge in [0.1, 0.15) is 6.17 Å². The van der Waals surface area contributed by atoms with Gasteiger partial charge in [0, 0.05) is 11.6 Å². The van der Waals surface area contributed by atoms with Crippen LogP contribution in [0.25, 0.3) is 0 Å². The fourth-order valence-corrected chi connectivity index (χ4v) is 3.21. The van der Waals surface area contributed by atoms with Crippen LogP contribution < -0.4 is 5.32 Å². The molecule has 0 saturated carbocycles. The van der Waals surface area contributed by atoms with Gasteiger partial charge in [0.15, 0.2) is 0 Å². The quantitative estimate of drug-likeness (QED) is 0.930. The number of halogens is 1. The van der Waals surface area contributed by atoms with Crippen molar-refractivity contribution in [3.8, 4) is 0 Å². The molecule has 3 atom stereocenters. The van der Waals surface area contributed by atoms with Crippen LogP contribution in [0.2, 0.25) is 5.02 Å². The number of benzene rings is 1. The Bertz CT molecular complexity index is 502. The molecule has 108 valence electrons. The van der Waals surface area contributed by atoms with Gasteiger partial charge in [-0.05, 0) is 30.5 Å². The summed E-state index contributed by atoms with van der Waals surface area (Å²) in [7, 11) is 0. The summed E-state index contributed by atoms with van der Waals surface area (Å²) in [6.45, 7) is 3.38. The van der Waals surface area contributed by atoms with Crippen LogP contribution in [0.5, 0.6) is 0 Å². The average Bonchev–Trinajstić information content (AvgIpc) is 3.05. The van der Waals surface area contributed by atoms with Gasteiger partial charge in [-0.25, -0.2) is 0 Å². The van der Waals surface area contributed by atoms with Crippen molar-refractivity contribution >= 4 is 17.5 Å². The Balaban J connectivity index is 1.92. The maximum absolute atomic E-state index is 12.6. The fourth-order valence-electron chi connectivity index (χ4n) is 3.01. The third kappa shape index (κ3) is 2.43. The highest BCUT2D eigenvalue weighted by Gasteiger charge is 2.43. The summed E-state index contributed by atoms with van der Waals surface area (Å²) in [6.07, 6.45) is 1.60. The number of ether oxygens (including phenoxy) is 1. The lowest BCUT2D eigenvalue weighted by atomic mass is 10.1. The van der Waals surface area contributed by atoms with Gasteiger partial charge in [-0.15, -0.1) is 0 Å². The fraction of sp³-hybridized carbons (Fsp3) is 0.533. The summed E-state index contributed by atoms with van der Waals surface area (Å²) in [5, 5.41) is 4.12. The predicted octanol–water partition coefficient (Wildman–Crippen LogP) is 2.34. The van der Waals surface area contributed by atoms with Gasteiger partial charge >= 0.3 is 0 Å². The largest absolute Gasteiger partial charge is 0.379 e. The number of nitrogens with one attached hydrogen (secondary N) is 1. The van der Waals surface area contributed by atoms with Gasteiger partial charge in [-0.1, -0.05) is 30.7 Å². The minimum atomic E-state index is -0.111. The molecule has 0 bridgehead atoms. The minimum absolute atomic E-state index is 0.0992. The molecule has 2 fully saturated rings. The highest BCUT2D eigenvalue weighted by atomic mass is 35.5. The monoisotopic (exact) mass is 294 g/mol. The smallest absolute Gasteiger partial charge is 0.241 e. The second-order valence-electron chi connectivity index (χ2n) is 5.35. The Morgan fingerprint density at radius 2 is 2.35 bits per heavy atom. The topological polar surface area (TPSA) is 41.6 Å². The van der Waals surface area contributed by atoms with Crippen molar-refractivity contribution in [3.05, 3.63) is 34.9 Å². The molecule has 3 rings (SSSR count). The van der Waals surface area contributed by atoms with Crippen molar-refractivity contribution in [2.45, 2.75) is 38.0 Å². The van der Waals surface area contributed by atoms with Crippen LogP contribution in [0.3, 0.4) is 0 Å². The van der Waals surface area contributed by atoms with Crippen LogP contribution in [0, 0.1) is 0 Å². The maximum atomic E-state index is 12.6. The van der Waals surface area contributed by atoms with E-state index in [1.54, 1.807) is 0 Å². The standard InChI is InChI=1S/C15H19ClN2O2/c1-2-13-15(19)18(12-6-7-20-9-12)14(17-13)10-4-3-5-11(16)8-10/h3-5,8,12-14,17H,2,6-7,9H2,1H3. The molecule has 2 heterocycles. The van der Waals surface area contributed by atoms with E-state index in [1.165, 1.54) is 0 Å². The van der Waals surface area contributed by atoms with Gasteiger partial charge in [0.25, 0.3) is 0 Å². The van der Waals surface area contributed by atoms with E-state index in [2.05, 4.69) is 5.32 Å². The lowest BCUT2D eigenvalue weighted by Gasteiger charge is -2.29. The second-order valence-corrected chi connectivity index (χ2v) is 5.78. The first-order chi connectivity index (χ1) is 9.70. The summed E-state index contributed by atoms with van der Waals surface area (Å²) in [5.74, 6) is 0.174. The molecule has 2 aliphatic heterocycles. The summed E-state index contributed by atoms with van der Waals surface area (Å²) >= 11 is 6.08. The molecule has 0 radical (unpaired) electrons. The third-order valence-electron chi connectivity index (χ3n) is 4.06. The molecular formula is C15H19ClN2O2. The highest BCUT2D eigenvalue weighted by Crippen LogP contribution is 2.32. The van der Waals surface area contributed by atoms with Crippen LogP contribution in [0.1, 0.15) is 31.5 Å². The molecule has 1 amide bonds. The van der Waals surface area contributed by atoms with Crippen LogP contribution in [-0.4, -0.2) is 36.1 Å². The average molecular weight is 295 g/mol. The zero-order valence-corrected chi connectivity index (χ0v) is 12.3. The normalized spacial score (nSPS) is 30.2. The molecule has 1 aromatic rings. The minimum Gasteiger partial charge on any atom is -0.379 e. The van der Waals surface area contributed by atoms with Crippen molar-refractivity contribution in [2.75, 3.05) is 13.2 Å². The summed E-state index contributed by atoms with van der Waals surface area (Å²) in [5.41, 5.74) is 1.04. The number of hydrogen-bond donors (Lipinski definition) is 1. The van der Waals surface area contributed by atoms with E-state index in [4.69, 9.17) is 16.3 Å². The molecule has 2 saturated heterocycles. The van der Waals surface area contributed by atoms with Crippen molar-refractivity contribution in [2.24, 2.45) is 0 Å². The second kappa shape index (κ2) is 5.72. The number of hydrogen-bond acceptors (Lipinski definition) is 3. The summed E-state index contributed by atoms with van der Waals surface area (Å²) < 4.78 is 5.45. The van der Waals surface area contributed by atoms with Crippen molar-refractivity contribution in [1.82, 2.24) is 10.2 Å². The summed E-state index contributed by atoms with van der Waals surface area (Å²) in [4.78, 5) is 14.5. The number of carbonyl (C=O) groups is 1. The summed E-state index contributed by atoms with van der Waals surface area (Å²) in [6, 6.07) is 7.76. The predicted molar refractivity (Wildman–Crippen MR) is 77.5 cm³/mol. The zero-order chi connectivity index (χ0) is 14.1. The molecule has 1 aromatic carbocycles. The molecule has 0 aliphatic carbocycles. The Kier molecular flexibility index (Phi) is 3.96. The number of amides is 1. The molecule has 0 spiro atoms. The van der Waals surface area contributed by atoms with Crippen LogP contribution in [0.15, 0.2) is 24.3 Å². The Hall–Kier alpha value is -1.10. The van der Waals surface area contributed by atoms with Gasteiger partial charge < -0.3 is 9.64 Å². The van der Waals surface area contributed by atoms with Crippen LogP contribution >= 0.6 is 11.6 Å². The highest BCUT2D eigenvalue weighted by molar-refractivity contribution is 6.30. The van der Waals surface area contributed by atoms with E-state index >= 15 is 0 Å². The van der Waals surface area contributed by atoms with Gasteiger partial charge in [0.05, 0.1) is 18.7 Å². The maximum Gasteiger partial charge on any atom is 0.241 e. The molecule has 5 heteroatoms. The molecule has 20 heavy (non-hydrogen) atoms. The molecule has 0 aromatic heterocycles. The van der Waals surface area contributed by atoms with Gasteiger partial charge in [-0.3, -0.25) is 10.1 Å². The number of rotatable bonds is 3. The van der Waals surface area contributed by atoms with E-state index in [1.807, 2.05) is 36.1 Å². The molecule has 4 nitrogen and oxygen atoms in total. The van der Waals surface area contributed by atoms with Gasteiger partial charge in [0.2, 0.25) is 5.91 Å². The van der Waals surface area contributed by atoms with E-state index < -0.39 is 0 Å². The lowest BCUT2D eigenvalue weighted by Crippen LogP contribution is -2.40. The van der Waals surface area contributed by atoms with E-state index in [0.717, 1.165) is 25.0 Å². The molecular weight excluding hydrogens is 276 g/mol. The third-order valence-corrected chi connectivity index (χ3v) is 4.30. The van der Waals surface area contributed by atoms with Crippen LogP contribution in [0.4, 0.5) is 0 Å². The Morgan fingerprint density at radius 1 is 1.50 bits per heavy atom. The van der Waals surface area contributed by atoms with Crippen molar-refractivity contribution in [1.29, 1.82) is 0 Å². The SMILES string of the molecule is CCC1NC(c2cccc(Cl)c2)N(C2CCOC2)C1=O.